The molecule has 1 N–H and O–H groups in total. The minimum absolute atomic E-state index is 0.0798. The Balaban J connectivity index is 1.59. The van der Waals surface area contributed by atoms with Crippen LogP contribution in [0.4, 0.5) is 14.5 Å². The highest BCUT2D eigenvalue weighted by atomic mass is 35.5. The number of nitrogens with zero attached hydrogens (tertiary/aromatic N) is 1. The van der Waals surface area contributed by atoms with Gasteiger partial charge in [-0.1, -0.05) is 17.7 Å². The first-order valence-corrected chi connectivity index (χ1v) is 9.89. The zero-order valence-corrected chi connectivity index (χ0v) is 17.0. The van der Waals surface area contributed by atoms with E-state index >= 15 is 0 Å². The molecule has 1 aliphatic heterocycles. The number of hydrogen-bond donors (Lipinski definition) is 1. The van der Waals surface area contributed by atoms with Crippen LogP contribution in [0.1, 0.15) is 21.5 Å². The molecule has 0 fully saturated rings. The smallest absolute Gasteiger partial charge is 0.339 e. The first-order chi connectivity index (χ1) is 14.9. The summed E-state index contributed by atoms with van der Waals surface area (Å²) in [6.07, 6.45) is 0. The summed E-state index contributed by atoms with van der Waals surface area (Å²) in [6, 6.07) is 13.4. The van der Waals surface area contributed by atoms with Crippen molar-refractivity contribution in [2.75, 3.05) is 18.1 Å². The standard InChI is InChI=1S/C23H18ClF2NO4/c24-16-5-7-21(31-13-14-4-6-17(25)11-19(14)26)15(10-16)12-27-8-9-30-22-18(23(28)29)2-1-3-20(22)27/h1-7,10-11H,8-9,12-13H2,(H,28,29). The Morgan fingerprint density at radius 3 is 2.74 bits per heavy atom. The topological polar surface area (TPSA) is 59.0 Å². The number of aromatic carboxylic acids is 1. The van der Waals surface area contributed by atoms with Crippen molar-refractivity contribution in [2.24, 2.45) is 0 Å². The van der Waals surface area contributed by atoms with Crippen LogP contribution in [0.3, 0.4) is 0 Å². The van der Waals surface area contributed by atoms with Crippen molar-refractivity contribution in [1.29, 1.82) is 0 Å². The molecule has 0 radical (unpaired) electrons. The highest BCUT2D eigenvalue weighted by Gasteiger charge is 2.24. The van der Waals surface area contributed by atoms with E-state index in [4.69, 9.17) is 21.1 Å². The number of hydrogen-bond acceptors (Lipinski definition) is 4. The summed E-state index contributed by atoms with van der Waals surface area (Å²) in [5.74, 6) is -1.58. The molecule has 3 aromatic carbocycles. The van der Waals surface area contributed by atoms with E-state index in [1.54, 1.807) is 30.3 Å². The average molecular weight is 446 g/mol. The molecule has 0 unspecified atom stereocenters. The molecule has 5 nitrogen and oxygen atoms in total. The number of halogens is 3. The second-order valence-electron chi connectivity index (χ2n) is 7.01. The van der Waals surface area contributed by atoms with E-state index in [-0.39, 0.29) is 17.7 Å². The number of carboxylic acid groups (broad SMARTS) is 1. The van der Waals surface area contributed by atoms with Crippen molar-refractivity contribution in [3.05, 3.63) is 87.9 Å². The van der Waals surface area contributed by atoms with E-state index in [1.165, 1.54) is 18.2 Å². The number of carboxylic acids is 1. The summed E-state index contributed by atoms with van der Waals surface area (Å²) in [5, 5.41) is 9.93. The van der Waals surface area contributed by atoms with Crippen molar-refractivity contribution in [2.45, 2.75) is 13.2 Å². The fraction of sp³-hybridized carbons (Fsp3) is 0.174. The quantitative estimate of drug-likeness (QED) is 0.558. The molecule has 1 heterocycles. The Bertz CT molecular complexity index is 1140. The number of fused-ring (bicyclic) bond motifs is 1. The first kappa shape index (κ1) is 20.9. The molecule has 3 aromatic rings. The molecular weight excluding hydrogens is 428 g/mol. The lowest BCUT2D eigenvalue weighted by atomic mass is 10.1. The van der Waals surface area contributed by atoms with Gasteiger partial charge in [0.05, 0.1) is 12.2 Å². The summed E-state index contributed by atoms with van der Waals surface area (Å²) >= 11 is 6.18. The van der Waals surface area contributed by atoms with E-state index < -0.39 is 17.6 Å². The third-order valence-electron chi connectivity index (χ3n) is 4.95. The van der Waals surface area contributed by atoms with Crippen molar-refractivity contribution in [3.8, 4) is 11.5 Å². The van der Waals surface area contributed by atoms with Gasteiger partial charge in [-0.2, -0.15) is 0 Å². The zero-order chi connectivity index (χ0) is 22.0. The maximum atomic E-state index is 13.9. The Morgan fingerprint density at radius 1 is 1.13 bits per heavy atom. The molecule has 0 amide bonds. The normalized spacial score (nSPS) is 12.8. The largest absolute Gasteiger partial charge is 0.489 e. The molecule has 0 aromatic heterocycles. The van der Waals surface area contributed by atoms with Gasteiger partial charge in [0, 0.05) is 28.8 Å². The fourth-order valence-corrected chi connectivity index (χ4v) is 3.64. The third kappa shape index (κ3) is 4.56. The summed E-state index contributed by atoms with van der Waals surface area (Å²) in [4.78, 5) is 13.5. The van der Waals surface area contributed by atoms with Crippen LogP contribution in [0.25, 0.3) is 0 Å². The van der Waals surface area contributed by atoms with Crippen LogP contribution in [0, 0.1) is 11.6 Å². The van der Waals surface area contributed by atoms with Gasteiger partial charge in [-0.05, 0) is 42.5 Å². The van der Waals surface area contributed by atoms with E-state index in [0.717, 1.165) is 11.6 Å². The van der Waals surface area contributed by atoms with Crippen LogP contribution in [0.5, 0.6) is 11.5 Å². The first-order valence-electron chi connectivity index (χ1n) is 9.51. The number of anilines is 1. The number of carbonyl (C=O) groups is 1. The van der Waals surface area contributed by atoms with Gasteiger partial charge in [-0.25, -0.2) is 13.6 Å². The second-order valence-corrected chi connectivity index (χ2v) is 7.44. The van der Waals surface area contributed by atoms with Gasteiger partial charge < -0.3 is 19.5 Å². The SMILES string of the molecule is O=C(O)c1cccc2c1OCCN2Cc1cc(Cl)ccc1OCc1ccc(F)cc1F. The molecule has 4 rings (SSSR count). The molecule has 1 aliphatic rings. The predicted octanol–water partition coefficient (Wildman–Crippen LogP) is 5.29. The Kier molecular flexibility index (Phi) is 5.95. The molecule has 160 valence electrons. The van der Waals surface area contributed by atoms with Crippen molar-refractivity contribution in [1.82, 2.24) is 0 Å². The van der Waals surface area contributed by atoms with Crippen LogP contribution in [0.15, 0.2) is 54.6 Å². The minimum atomic E-state index is -1.06. The Morgan fingerprint density at radius 2 is 1.97 bits per heavy atom. The van der Waals surface area contributed by atoms with Crippen molar-refractivity contribution >= 4 is 23.3 Å². The monoisotopic (exact) mass is 445 g/mol. The average Bonchev–Trinajstić information content (AvgIpc) is 2.74. The second kappa shape index (κ2) is 8.81. The van der Waals surface area contributed by atoms with Crippen LogP contribution in [0.2, 0.25) is 5.02 Å². The Labute approximate surface area is 182 Å². The van der Waals surface area contributed by atoms with Crippen LogP contribution in [-0.2, 0) is 13.2 Å². The summed E-state index contributed by atoms with van der Waals surface area (Å²) in [5.41, 5.74) is 1.71. The van der Waals surface area contributed by atoms with Gasteiger partial charge in [-0.3, -0.25) is 0 Å². The minimum Gasteiger partial charge on any atom is -0.489 e. The lowest BCUT2D eigenvalue weighted by Crippen LogP contribution is -2.33. The number of rotatable bonds is 6. The van der Waals surface area contributed by atoms with Crippen LogP contribution < -0.4 is 14.4 Å². The molecule has 0 saturated carbocycles. The highest BCUT2D eigenvalue weighted by Crippen LogP contribution is 2.37. The Hall–Kier alpha value is -3.32. The summed E-state index contributed by atoms with van der Waals surface area (Å²) < 4.78 is 38.5. The molecule has 8 heteroatoms. The van der Waals surface area contributed by atoms with Gasteiger partial charge in [0.25, 0.3) is 0 Å². The molecular formula is C23H18ClF2NO4. The van der Waals surface area contributed by atoms with Gasteiger partial charge >= 0.3 is 5.97 Å². The molecule has 31 heavy (non-hydrogen) atoms. The molecule has 0 aliphatic carbocycles. The summed E-state index contributed by atoms with van der Waals surface area (Å²) in [7, 11) is 0. The maximum absolute atomic E-state index is 13.9. The summed E-state index contributed by atoms with van der Waals surface area (Å²) in [6.45, 7) is 1.16. The predicted molar refractivity (Wildman–Crippen MR) is 112 cm³/mol. The zero-order valence-electron chi connectivity index (χ0n) is 16.3. The van der Waals surface area contributed by atoms with Crippen molar-refractivity contribution in [3.63, 3.8) is 0 Å². The number of para-hydroxylation sites is 1. The van der Waals surface area contributed by atoms with Crippen molar-refractivity contribution < 1.29 is 28.2 Å². The van der Waals surface area contributed by atoms with Crippen LogP contribution in [-0.4, -0.2) is 24.2 Å². The highest BCUT2D eigenvalue weighted by molar-refractivity contribution is 6.30. The van der Waals surface area contributed by atoms with Gasteiger partial charge in [0.1, 0.15) is 36.2 Å². The van der Waals surface area contributed by atoms with E-state index in [0.29, 0.717) is 41.9 Å². The van der Waals surface area contributed by atoms with E-state index in [9.17, 15) is 18.7 Å². The maximum Gasteiger partial charge on any atom is 0.339 e. The molecule has 0 atom stereocenters. The molecule has 0 bridgehead atoms. The van der Waals surface area contributed by atoms with Gasteiger partial charge in [-0.15, -0.1) is 0 Å². The van der Waals surface area contributed by atoms with E-state index in [1.807, 2.05) is 4.90 Å². The van der Waals surface area contributed by atoms with E-state index in [2.05, 4.69) is 0 Å². The number of ether oxygens (including phenoxy) is 2. The molecule has 0 spiro atoms. The lowest BCUT2D eigenvalue weighted by molar-refractivity contribution is 0.0692. The molecule has 0 saturated heterocycles. The van der Waals surface area contributed by atoms with Crippen LogP contribution >= 0.6 is 11.6 Å². The fourth-order valence-electron chi connectivity index (χ4n) is 3.45. The third-order valence-corrected chi connectivity index (χ3v) is 5.19. The number of benzene rings is 3. The van der Waals surface area contributed by atoms with Gasteiger partial charge in [0.15, 0.2) is 5.75 Å². The lowest BCUT2D eigenvalue weighted by Gasteiger charge is -2.32. The van der Waals surface area contributed by atoms with Gasteiger partial charge in [0.2, 0.25) is 0 Å².